The van der Waals surface area contributed by atoms with Crippen molar-refractivity contribution >= 4 is 0 Å². The Kier molecular flexibility index (Phi) is 6.38. The van der Waals surface area contributed by atoms with Gasteiger partial charge in [-0.1, -0.05) is 36.3 Å². The third kappa shape index (κ3) is 5.56. The van der Waals surface area contributed by atoms with Crippen LogP contribution in [0.1, 0.15) is 30.5 Å². The molecule has 0 N–H and O–H groups in total. The number of benzene rings is 1. The van der Waals surface area contributed by atoms with Crippen molar-refractivity contribution in [1.82, 2.24) is 4.98 Å². The predicted octanol–water partition coefficient (Wildman–Crippen LogP) is 3.69. The van der Waals surface area contributed by atoms with E-state index in [1.54, 1.807) is 0 Å². The standard InChI is InChI=1S/C20H20FNO3/c21-18-14-22-17(9-6-12-24-20-10-4-5-11-23-20)13-19(18)25-15-16-7-2-1-3-8-16/h1-3,7-8,13-14,20H,4-5,10-12,15H2. The Morgan fingerprint density at radius 1 is 1.24 bits per heavy atom. The van der Waals surface area contributed by atoms with Gasteiger partial charge in [-0.25, -0.2) is 9.37 Å². The van der Waals surface area contributed by atoms with Crippen LogP contribution in [0, 0.1) is 17.7 Å². The second kappa shape index (κ2) is 9.16. The summed E-state index contributed by atoms with van der Waals surface area (Å²) in [5.74, 6) is 5.37. The van der Waals surface area contributed by atoms with Crippen LogP contribution in [-0.2, 0) is 16.1 Å². The zero-order valence-corrected chi connectivity index (χ0v) is 13.9. The second-order valence-electron chi connectivity index (χ2n) is 5.68. The number of aromatic nitrogens is 1. The lowest BCUT2D eigenvalue weighted by Crippen LogP contribution is -2.22. The van der Waals surface area contributed by atoms with Crippen LogP contribution in [-0.4, -0.2) is 24.5 Å². The molecule has 3 rings (SSSR count). The Morgan fingerprint density at radius 2 is 2.12 bits per heavy atom. The zero-order chi connectivity index (χ0) is 17.3. The molecule has 1 aromatic carbocycles. The highest BCUT2D eigenvalue weighted by Crippen LogP contribution is 2.18. The highest BCUT2D eigenvalue weighted by molar-refractivity contribution is 5.35. The molecule has 2 heterocycles. The van der Waals surface area contributed by atoms with Crippen LogP contribution in [0.2, 0.25) is 0 Å². The lowest BCUT2D eigenvalue weighted by Gasteiger charge is -2.21. The van der Waals surface area contributed by atoms with E-state index in [1.807, 2.05) is 30.3 Å². The van der Waals surface area contributed by atoms with E-state index in [-0.39, 0.29) is 25.3 Å². The molecule has 1 aromatic heterocycles. The Morgan fingerprint density at radius 3 is 2.92 bits per heavy atom. The summed E-state index contributed by atoms with van der Waals surface area (Å²) in [6.07, 6.45) is 4.04. The average Bonchev–Trinajstić information content (AvgIpc) is 2.67. The van der Waals surface area contributed by atoms with E-state index in [4.69, 9.17) is 14.2 Å². The number of pyridine rings is 1. The van der Waals surface area contributed by atoms with Crippen molar-refractivity contribution in [2.24, 2.45) is 0 Å². The first kappa shape index (κ1) is 17.4. The van der Waals surface area contributed by atoms with Gasteiger partial charge in [0.25, 0.3) is 0 Å². The first-order valence-corrected chi connectivity index (χ1v) is 8.35. The van der Waals surface area contributed by atoms with Gasteiger partial charge in [0.1, 0.15) is 18.9 Å². The van der Waals surface area contributed by atoms with Gasteiger partial charge in [-0.15, -0.1) is 0 Å². The molecule has 2 aromatic rings. The van der Waals surface area contributed by atoms with Crippen molar-refractivity contribution in [3.63, 3.8) is 0 Å². The molecule has 1 fully saturated rings. The quantitative estimate of drug-likeness (QED) is 0.778. The summed E-state index contributed by atoms with van der Waals surface area (Å²) in [6.45, 7) is 1.28. The maximum Gasteiger partial charge on any atom is 0.183 e. The summed E-state index contributed by atoms with van der Waals surface area (Å²) in [5, 5.41) is 0. The summed E-state index contributed by atoms with van der Waals surface area (Å²) in [5.41, 5.74) is 1.41. The summed E-state index contributed by atoms with van der Waals surface area (Å²) in [7, 11) is 0. The molecule has 1 aliphatic rings. The first-order valence-electron chi connectivity index (χ1n) is 8.35. The Labute approximate surface area is 146 Å². The molecule has 1 atom stereocenters. The molecular formula is C20H20FNO3. The summed E-state index contributed by atoms with van der Waals surface area (Å²) >= 11 is 0. The smallest absolute Gasteiger partial charge is 0.183 e. The largest absolute Gasteiger partial charge is 0.486 e. The lowest BCUT2D eigenvalue weighted by atomic mass is 10.2. The maximum atomic E-state index is 13.8. The molecule has 1 saturated heterocycles. The van der Waals surface area contributed by atoms with E-state index in [9.17, 15) is 4.39 Å². The second-order valence-corrected chi connectivity index (χ2v) is 5.68. The summed E-state index contributed by atoms with van der Waals surface area (Å²) in [4.78, 5) is 3.96. The third-order valence-corrected chi connectivity index (χ3v) is 3.75. The van der Waals surface area contributed by atoms with Gasteiger partial charge in [0.2, 0.25) is 0 Å². The number of nitrogens with zero attached hydrogens (tertiary/aromatic N) is 1. The van der Waals surface area contributed by atoms with Crippen LogP contribution in [0.5, 0.6) is 5.75 Å². The van der Waals surface area contributed by atoms with Crippen LogP contribution in [0.25, 0.3) is 0 Å². The first-order chi connectivity index (χ1) is 12.3. The van der Waals surface area contributed by atoms with E-state index in [1.165, 1.54) is 6.07 Å². The minimum Gasteiger partial charge on any atom is -0.486 e. The molecular weight excluding hydrogens is 321 g/mol. The maximum absolute atomic E-state index is 13.8. The van der Waals surface area contributed by atoms with E-state index in [2.05, 4.69) is 16.8 Å². The topological polar surface area (TPSA) is 40.6 Å². The number of ether oxygens (including phenoxy) is 3. The van der Waals surface area contributed by atoms with Gasteiger partial charge in [0.05, 0.1) is 6.20 Å². The van der Waals surface area contributed by atoms with Crippen molar-refractivity contribution in [2.75, 3.05) is 13.2 Å². The minimum absolute atomic E-state index is 0.139. The average molecular weight is 341 g/mol. The fourth-order valence-electron chi connectivity index (χ4n) is 2.44. The molecule has 0 spiro atoms. The molecule has 0 bridgehead atoms. The minimum atomic E-state index is -0.506. The van der Waals surface area contributed by atoms with Gasteiger partial charge in [-0.05, 0) is 30.7 Å². The molecule has 1 aliphatic heterocycles. The van der Waals surface area contributed by atoms with E-state index < -0.39 is 5.82 Å². The SMILES string of the molecule is Fc1cnc(C#CCOC2CCCCO2)cc1OCc1ccccc1. The van der Waals surface area contributed by atoms with Crippen molar-refractivity contribution in [1.29, 1.82) is 0 Å². The van der Waals surface area contributed by atoms with Gasteiger partial charge in [-0.2, -0.15) is 0 Å². The van der Waals surface area contributed by atoms with Crippen molar-refractivity contribution < 1.29 is 18.6 Å². The van der Waals surface area contributed by atoms with Crippen molar-refractivity contribution in [3.8, 4) is 17.6 Å². The molecule has 0 saturated carbocycles. The summed E-state index contributed by atoms with van der Waals surface area (Å²) < 4.78 is 30.4. The van der Waals surface area contributed by atoms with Gasteiger partial charge < -0.3 is 14.2 Å². The third-order valence-electron chi connectivity index (χ3n) is 3.75. The monoisotopic (exact) mass is 341 g/mol. The van der Waals surface area contributed by atoms with Crippen LogP contribution in [0.15, 0.2) is 42.6 Å². The van der Waals surface area contributed by atoms with E-state index in [0.717, 1.165) is 37.6 Å². The van der Waals surface area contributed by atoms with Crippen LogP contribution in [0.4, 0.5) is 4.39 Å². The molecule has 0 aliphatic carbocycles. The molecule has 0 amide bonds. The van der Waals surface area contributed by atoms with Gasteiger partial charge in [0.15, 0.2) is 17.9 Å². The number of rotatable bonds is 5. The Bertz CT molecular complexity index is 734. The molecule has 1 unspecified atom stereocenters. The van der Waals surface area contributed by atoms with Crippen LogP contribution >= 0.6 is 0 Å². The summed E-state index contributed by atoms with van der Waals surface area (Å²) in [6, 6.07) is 11.1. The Balaban J connectivity index is 1.54. The van der Waals surface area contributed by atoms with Crippen molar-refractivity contribution in [3.05, 3.63) is 59.7 Å². The lowest BCUT2D eigenvalue weighted by molar-refractivity contribution is -0.154. The number of hydrogen-bond donors (Lipinski definition) is 0. The fraction of sp³-hybridized carbons (Fsp3) is 0.350. The normalized spacial score (nSPS) is 16.8. The number of hydrogen-bond acceptors (Lipinski definition) is 4. The van der Waals surface area contributed by atoms with Crippen molar-refractivity contribution in [2.45, 2.75) is 32.2 Å². The molecule has 25 heavy (non-hydrogen) atoms. The molecule has 130 valence electrons. The van der Waals surface area contributed by atoms with Crippen LogP contribution < -0.4 is 4.74 Å². The molecule has 5 heteroatoms. The van der Waals surface area contributed by atoms with Gasteiger partial charge >= 0.3 is 0 Å². The van der Waals surface area contributed by atoms with E-state index >= 15 is 0 Å². The van der Waals surface area contributed by atoms with Gasteiger partial charge in [0, 0.05) is 12.7 Å². The highest BCUT2D eigenvalue weighted by Gasteiger charge is 2.12. The zero-order valence-electron chi connectivity index (χ0n) is 13.9. The predicted molar refractivity (Wildman–Crippen MR) is 91.4 cm³/mol. The number of halogens is 1. The van der Waals surface area contributed by atoms with Gasteiger partial charge in [-0.3, -0.25) is 0 Å². The Hall–Kier alpha value is -2.42. The highest BCUT2D eigenvalue weighted by atomic mass is 19.1. The van der Waals surface area contributed by atoms with Crippen LogP contribution in [0.3, 0.4) is 0 Å². The molecule has 0 radical (unpaired) electrons. The van der Waals surface area contributed by atoms with E-state index in [0.29, 0.717) is 5.69 Å². The molecule has 4 nitrogen and oxygen atoms in total. The fourth-order valence-corrected chi connectivity index (χ4v) is 2.44.